The van der Waals surface area contributed by atoms with E-state index in [1.54, 1.807) is 10.7 Å². The van der Waals surface area contributed by atoms with E-state index in [1.807, 2.05) is 37.3 Å². The van der Waals surface area contributed by atoms with Gasteiger partial charge < -0.3 is 14.8 Å². The van der Waals surface area contributed by atoms with E-state index in [-0.39, 0.29) is 12.5 Å². The van der Waals surface area contributed by atoms with Crippen LogP contribution in [0.3, 0.4) is 0 Å². The van der Waals surface area contributed by atoms with Gasteiger partial charge in [0, 0.05) is 11.3 Å². The number of anilines is 1. The monoisotopic (exact) mass is 350 g/mol. The molecule has 0 saturated carbocycles. The van der Waals surface area contributed by atoms with Crippen molar-refractivity contribution in [3.05, 3.63) is 63.8 Å². The number of nitrogens with zero attached hydrogens (tertiary/aromatic N) is 3. The quantitative estimate of drug-likeness (QED) is 0.562. The summed E-state index contributed by atoms with van der Waals surface area (Å²) < 4.78 is 12.5. The fourth-order valence-electron chi connectivity index (χ4n) is 3.49. The van der Waals surface area contributed by atoms with Crippen molar-refractivity contribution >= 4 is 11.4 Å². The number of nitro benzene ring substituents is 1. The van der Waals surface area contributed by atoms with E-state index < -0.39 is 11.1 Å². The van der Waals surface area contributed by atoms with Crippen LogP contribution in [0.2, 0.25) is 0 Å². The van der Waals surface area contributed by atoms with Crippen LogP contribution >= 0.6 is 0 Å². The van der Waals surface area contributed by atoms with Crippen molar-refractivity contribution in [3.8, 4) is 22.8 Å². The van der Waals surface area contributed by atoms with Crippen LogP contribution in [-0.4, -0.2) is 21.5 Å². The molecule has 26 heavy (non-hydrogen) atoms. The van der Waals surface area contributed by atoms with E-state index in [4.69, 9.17) is 9.47 Å². The number of aromatic nitrogens is 2. The van der Waals surface area contributed by atoms with Gasteiger partial charge in [0.25, 0.3) is 5.69 Å². The molecule has 8 heteroatoms. The van der Waals surface area contributed by atoms with E-state index in [2.05, 4.69) is 10.4 Å². The Morgan fingerprint density at radius 1 is 1.23 bits per heavy atom. The van der Waals surface area contributed by atoms with Crippen LogP contribution in [0.1, 0.15) is 17.4 Å². The number of rotatable bonds is 2. The molecule has 130 valence electrons. The number of nitrogens with one attached hydrogen (secondary N) is 1. The molecule has 2 aliphatic heterocycles. The number of hydrogen-bond donors (Lipinski definition) is 1. The van der Waals surface area contributed by atoms with Gasteiger partial charge in [-0.25, -0.2) is 4.68 Å². The summed E-state index contributed by atoms with van der Waals surface area (Å²) in [5.74, 6) is 0.880. The first-order valence-corrected chi connectivity index (χ1v) is 8.12. The van der Waals surface area contributed by atoms with E-state index in [9.17, 15) is 10.1 Å². The fourth-order valence-corrected chi connectivity index (χ4v) is 3.49. The first-order valence-electron chi connectivity index (χ1n) is 8.12. The van der Waals surface area contributed by atoms with Gasteiger partial charge >= 0.3 is 0 Å². The summed E-state index contributed by atoms with van der Waals surface area (Å²) in [5.41, 5.74) is 4.09. The van der Waals surface area contributed by atoms with Crippen LogP contribution in [0.5, 0.6) is 11.5 Å². The van der Waals surface area contributed by atoms with Crippen molar-refractivity contribution in [3.63, 3.8) is 0 Å². The molecule has 0 saturated heterocycles. The Hall–Kier alpha value is -3.55. The lowest BCUT2D eigenvalue weighted by atomic mass is 10.0. The molecular formula is C18H14N4O4. The van der Waals surface area contributed by atoms with Crippen molar-refractivity contribution in [1.29, 1.82) is 0 Å². The molecule has 3 aromatic rings. The van der Waals surface area contributed by atoms with E-state index >= 15 is 0 Å². The molecule has 2 aromatic carbocycles. The van der Waals surface area contributed by atoms with Crippen molar-refractivity contribution in [2.24, 2.45) is 0 Å². The second kappa shape index (κ2) is 5.22. The van der Waals surface area contributed by atoms with E-state index in [1.165, 1.54) is 6.07 Å². The average molecular weight is 350 g/mol. The van der Waals surface area contributed by atoms with E-state index in [0.29, 0.717) is 17.1 Å². The molecule has 3 heterocycles. The molecule has 0 fully saturated rings. The van der Waals surface area contributed by atoms with Crippen LogP contribution in [0, 0.1) is 17.0 Å². The highest BCUT2D eigenvalue weighted by Crippen LogP contribution is 2.44. The third-order valence-electron chi connectivity index (χ3n) is 4.61. The number of aryl methyl sites for hydroxylation is 1. The summed E-state index contributed by atoms with van der Waals surface area (Å²) >= 11 is 0. The van der Waals surface area contributed by atoms with Crippen LogP contribution in [0.25, 0.3) is 11.3 Å². The van der Waals surface area contributed by atoms with Gasteiger partial charge in [-0.15, -0.1) is 0 Å². The molecule has 5 rings (SSSR count). The number of ether oxygens (including phenoxy) is 2. The Balaban J connectivity index is 1.74. The summed E-state index contributed by atoms with van der Waals surface area (Å²) in [6.07, 6.45) is -0.525. The molecule has 1 atom stereocenters. The zero-order valence-corrected chi connectivity index (χ0v) is 13.8. The molecular weight excluding hydrogens is 336 g/mol. The van der Waals surface area contributed by atoms with Crippen molar-refractivity contribution in [2.75, 3.05) is 12.1 Å². The van der Waals surface area contributed by atoms with Crippen molar-refractivity contribution in [1.82, 2.24) is 9.78 Å². The summed E-state index contributed by atoms with van der Waals surface area (Å²) in [6, 6.07) is 12.9. The van der Waals surface area contributed by atoms with Gasteiger partial charge in [-0.2, -0.15) is 5.10 Å². The molecule has 8 nitrogen and oxygen atoms in total. The maximum atomic E-state index is 11.7. The Bertz CT molecular complexity index is 1060. The minimum atomic E-state index is -0.525. The first kappa shape index (κ1) is 14.8. The van der Waals surface area contributed by atoms with Crippen LogP contribution in [0.4, 0.5) is 11.4 Å². The molecule has 0 spiro atoms. The minimum Gasteiger partial charge on any atom is -0.454 e. The Kier molecular flexibility index (Phi) is 2.96. The summed E-state index contributed by atoms with van der Waals surface area (Å²) in [7, 11) is 0. The zero-order chi connectivity index (χ0) is 17.8. The Morgan fingerprint density at radius 3 is 2.81 bits per heavy atom. The summed E-state index contributed by atoms with van der Waals surface area (Å²) in [5, 5.41) is 19.6. The second-order valence-electron chi connectivity index (χ2n) is 6.23. The number of fused-ring (bicyclic) bond motifs is 4. The van der Waals surface area contributed by atoms with Gasteiger partial charge in [0.15, 0.2) is 17.7 Å². The number of hydrogen-bond acceptors (Lipinski definition) is 6. The predicted octanol–water partition coefficient (Wildman–Crippen LogP) is 3.47. The van der Waals surface area contributed by atoms with E-state index in [0.717, 1.165) is 22.6 Å². The normalized spacial score (nSPS) is 16.6. The third kappa shape index (κ3) is 2.05. The topological polar surface area (TPSA) is 91.5 Å². The maximum absolute atomic E-state index is 11.7. The summed E-state index contributed by atoms with van der Waals surface area (Å²) in [6.45, 7) is 1.96. The predicted molar refractivity (Wildman–Crippen MR) is 93.4 cm³/mol. The van der Waals surface area contributed by atoms with Gasteiger partial charge in [-0.3, -0.25) is 10.1 Å². The smallest absolute Gasteiger partial charge is 0.280 e. The van der Waals surface area contributed by atoms with Gasteiger partial charge in [-0.05, 0) is 25.1 Å². The maximum Gasteiger partial charge on any atom is 0.280 e. The zero-order valence-electron chi connectivity index (χ0n) is 13.8. The Labute approximate surface area is 148 Å². The lowest BCUT2D eigenvalue weighted by Crippen LogP contribution is -2.26. The fraction of sp³-hybridized carbons (Fsp3) is 0.167. The highest BCUT2D eigenvalue weighted by atomic mass is 16.7. The molecule has 0 bridgehead atoms. The molecule has 1 aromatic heterocycles. The van der Waals surface area contributed by atoms with Crippen LogP contribution < -0.4 is 14.8 Å². The highest BCUT2D eigenvalue weighted by molar-refractivity contribution is 5.79. The van der Waals surface area contributed by atoms with Crippen LogP contribution in [-0.2, 0) is 0 Å². The van der Waals surface area contributed by atoms with Crippen molar-refractivity contribution < 1.29 is 14.4 Å². The van der Waals surface area contributed by atoms with Gasteiger partial charge in [0.05, 0.1) is 27.9 Å². The minimum absolute atomic E-state index is 0.0368. The third-order valence-corrected chi connectivity index (χ3v) is 4.61. The first-order chi connectivity index (χ1) is 12.6. The standard InChI is InChI=1S/C18H14N4O4/c1-10-6-14-11-4-2-3-5-13(11)19-18(21(14)20-10)12-7-16-17(26-9-25-16)8-15(12)22(23)24/h2-8,18-19H,9H2,1H3. The molecule has 2 aliphatic rings. The number of benzene rings is 2. The number of nitro groups is 1. The van der Waals surface area contributed by atoms with Gasteiger partial charge in [-0.1, -0.05) is 18.2 Å². The van der Waals surface area contributed by atoms with Crippen LogP contribution in [0.15, 0.2) is 42.5 Å². The summed E-state index contributed by atoms with van der Waals surface area (Å²) in [4.78, 5) is 11.3. The molecule has 0 aliphatic carbocycles. The SMILES string of the molecule is Cc1cc2n(n1)C(c1cc3c(cc1[N+](=O)[O-])OCO3)Nc1ccccc1-2. The molecule has 1 unspecified atom stereocenters. The highest BCUT2D eigenvalue weighted by Gasteiger charge is 2.33. The lowest BCUT2D eigenvalue weighted by molar-refractivity contribution is -0.385. The molecule has 1 N–H and O–H groups in total. The Morgan fingerprint density at radius 2 is 2.00 bits per heavy atom. The largest absolute Gasteiger partial charge is 0.454 e. The van der Waals surface area contributed by atoms with Gasteiger partial charge in [0.1, 0.15) is 0 Å². The number of para-hydroxylation sites is 1. The second-order valence-corrected chi connectivity index (χ2v) is 6.23. The molecule has 0 radical (unpaired) electrons. The van der Waals surface area contributed by atoms with Crippen molar-refractivity contribution in [2.45, 2.75) is 13.1 Å². The molecule has 0 amide bonds. The lowest BCUT2D eigenvalue weighted by Gasteiger charge is -2.29. The average Bonchev–Trinajstić information content (AvgIpc) is 3.25. The van der Waals surface area contributed by atoms with Gasteiger partial charge in [0.2, 0.25) is 6.79 Å².